The van der Waals surface area contributed by atoms with Crippen molar-refractivity contribution in [2.45, 2.75) is 81.6 Å². The molecule has 7 rings (SSSR count). The topological polar surface area (TPSA) is 82.4 Å². The SMILES string of the molecule is C[C@H](O)C1=CC[C@@]23OCCN(C)C[C@@]12C[C@@H](O)[C@]12O[C@]4(O)CC[C@@]1(C)[C@H](CC=C32)C4. The maximum absolute atomic E-state index is 11.9. The predicted molar refractivity (Wildman–Crippen MR) is 111 cm³/mol. The standard InChI is InChI=1S/C24H35NO5/c1-15(26)17-6-7-23-18-5-4-16-12-22(28)9-8-20(16,2)24(18,30-22)19(27)13-21(17,23)14-25(3)10-11-29-23/h5-6,15-16,19,26-28H,4,7-14H2,1-3H3/t15-,16+,19+,20-,21-,22+,23-,24-/m0/s1. The fourth-order valence-corrected chi connectivity index (χ4v) is 8.63. The van der Waals surface area contributed by atoms with Gasteiger partial charge in [0.2, 0.25) is 0 Å². The van der Waals surface area contributed by atoms with Crippen LogP contribution in [-0.4, -0.2) is 76.2 Å². The van der Waals surface area contributed by atoms with Crippen molar-refractivity contribution >= 4 is 0 Å². The lowest BCUT2D eigenvalue weighted by Crippen LogP contribution is -2.79. The monoisotopic (exact) mass is 417 g/mol. The van der Waals surface area contributed by atoms with E-state index in [0.29, 0.717) is 38.2 Å². The molecule has 5 fully saturated rings. The van der Waals surface area contributed by atoms with Crippen LogP contribution in [0.1, 0.15) is 52.4 Å². The second kappa shape index (κ2) is 5.77. The lowest BCUT2D eigenvalue weighted by molar-refractivity contribution is -0.401. The van der Waals surface area contributed by atoms with E-state index in [0.717, 1.165) is 37.1 Å². The van der Waals surface area contributed by atoms with Crippen molar-refractivity contribution in [2.24, 2.45) is 16.7 Å². The van der Waals surface area contributed by atoms with Gasteiger partial charge < -0.3 is 29.7 Å². The molecule has 2 saturated carbocycles. The first kappa shape index (κ1) is 19.9. The van der Waals surface area contributed by atoms with Crippen LogP contribution >= 0.6 is 0 Å². The number of allylic oxidation sites excluding steroid dienone is 1. The molecule has 0 aromatic rings. The molecule has 4 bridgehead atoms. The second-order valence-electron chi connectivity index (χ2n) is 11.2. The van der Waals surface area contributed by atoms with Crippen LogP contribution < -0.4 is 0 Å². The number of hydrogen-bond acceptors (Lipinski definition) is 6. The maximum Gasteiger partial charge on any atom is 0.167 e. The van der Waals surface area contributed by atoms with Gasteiger partial charge in [0.05, 0.1) is 18.8 Å². The fourth-order valence-electron chi connectivity index (χ4n) is 8.63. The molecule has 3 aliphatic heterocycles. The largest absolute Gasteiger partial charge is 0.390 e. The number of likely N-dealkylation sites (N-methyl/N-ethyl adjacent to an activating group) is 1. The minimum absolute atomic E-state index is 0.225. The van der Waals surface area contributed by atoms with Crippen LogP contribution in [0.25, 0.3) is 0 Å². The van der Waals surface area contributed by atoms with E-state index in [2.05, 4.69) is 31.0 Å². The summed E-state index contributed by atoms with van der Waals surface area (Å²) in [6.07, 6.45) is 7.24. The number of hydrogen-bond donors (Lipinski definition) is 3. The van der Waals surface area contributed by atoms with E-state index >= 15 is 0 Å². The lowest BCUT2D eigenvalue weighted by atomic mass is 9.41. The summed E-state index contributed by atoms with van der Waals surface area (Å²) >= 11 is 0. The Bertz CT molecular complexity index is 855. The molecule has 6 heteroatoms. The van der Waals surface area contributed by atoms with E-state index < -0.39 is 34.6 Å². The van der Waals surface area contributed by atoms with Crippen molar-refractivity contribution < 1.29 is 24.8 Å². The Morgan fingerprint density at radius 3 is 2.80 bits per heavy atom. The summed E-state index contributed by atoms with van der Waals surface area (Å²) in [4.78, 5) is 2.27. The Morgan fingerprint density at radius 1 is 1.23 bits per heavy atom. The third-order valence-corrected chi connectivity index (χ3v) is 9.90. The highest BCUT2D eigenvalue weighted by molar-refractivity contribution is 5.52. The highest BCUT2D eigenvalue weighted by Gasteiger charge is 2.79. The zero-order valence-electron chi connectivity index (χ0n) is 18.4. The summed E-state index contributed by atoms with van der Waals surface area (Å²) in [6, 6.07) is 0. The molecule has 3 saturated heterocycles. The quantitative estimate of drug-likeness (QED) is 0.564. The van der Waals surface area contributed by atoms with Crippen molar-refractivity contribution in [3.8, 4) is 0 Å². The Hall–Kier alpha value is -0.760. The first-order valence-electron chi connectivity index (χ1n) is 11.7. The normalized spacial score (nSPS) is 55.7. The van der Waals surface area contributed by atoms with E-state index in [4.69, 9.17) is 9.47 Å². The minimum atomic E-state index is -1.17. The Morgan fingerprint density at radius 2 is 2.03 bits per heavy atom. The average Bonchev–Trinajstić information content (AvgIpc) is 2.88. The van der Waals surface area contributed by atoms with Gasteiger partial charge >= 0.3 is 0 Å². The minimum Gasteiger partial charge on any atom is -0.390 e. The Balaban J connectivity index is 1.60. The molecule has 4 aliphatic carbocycles. The molecule has 3 N–H and O–H groups in total. The van der Waals surface area contributed by atoms with Crippen LogP contribution in [0.15, 0.2) is 23.3 Å². The van der Waals surface area contributed by atoms with Gasteiger partial charge in [-0.2, -0.15) is 0 Å². The highest BCUT2D eigenvalue weighted by Crippen LogP contribution is 2.74. The van der Waals surface area contributed by atoms with Crippen LogP contribution in [0.2, 0.25) is 0 Å². The molecule has 8 atom stereocenters. The molecule has 166 valence electrons. The van der Waals surface area contributed by atoms with Gasteiger partial charge in [-0.3, -0.25) is 0 Å². The van der Waals surface area contributed by atoms with Gasteiger partial charge in [-0.05, 0) is 56.7 Å². The van der Waals surface area contributed by atoms with Crippen LogP contribution in [0, 0.1) is 16.7 Å². The molecule has 0 radical (unpaired) electrons. The summed E-state index contributed by atoms with van der Waals surface area (Å²) in [6.45, 7) is 6.24. The third-order valence-electron chi connectivity index (χ3n) is 9.90. The van der Waals surface area contributed by atoms with Gasteiger partial charge in [-0.25, -0.2) is 0 Å². The van der Waals surface area contributed by atoms with Crippen molar-refractivity contribution in [2.75, 3.05) is 26.7 Å². The lowest BCUT2D eigenvalue weighted by Gasteiger charge is -2.73. The number of aliphatic hydroxyl groups is 3. The zero-order valence-corrected chi connectivity index (χ0v) is 18.4. The van der Waals surface area contributed by atoms with E-state index in [9.17, 15) is 15.3 Å². The average molecular weight is 418 g/mol. The molecule has 0 unspecified atom stereocenters. The third kappa shape index (κ3) is 1.98. The fraction of sp³-hybridized carbons (Fsp3) is 0.833. The summed E-state index contributed by atoms with van der Waals surface area (Å²) in [5.74, 6) is -0.869. The van der Waals surface area contributed by atoms with Gasteiger partial charge in [0.25, 0.3) is 0 Å². The first-order chi connectivity index (χ1) is 14.1. The van der Waals surface area contributed by atoms with Gasteiger partial charge in [0, 0.05) is 36.8 Å². The maximum atomic E-state index is 11.9. The number of ether oxygens (including phenoxy) is 2. The van der Waals surface area contributed by atoms with Gasteiger partial charge in [0.1, 0.15) is 11.2 Å². The predicted octanol–water partition coefficient (Wildman–Crippen LogP) is 1.74. The first-order valence-corrected chi connectivity index (χ1v) is 11.7. The Kier molecular flexibility index (Phi) is 3.83. The zero-order chi connectivity index (χ0) is 21.2. The van der Waals surface area contributed by atoms with Crippen LogP contribution in [0.5, 0.6) is 0 Å². The van der Waals surface area contributed by atoms with Crippen molar-refractivity contribution in [1.29, 1.82) is 0 Å². The molecular weight excluding hydrogens is 382 g/mol. The summed E-state index contributed by atoms with van der Waals surface area (Å²) in [5, 5.41) is 33.9. The summed E-state index contributed by atoms with van der Waals surface area (Å²) in [5.41, 5.74) is -0.252. The number of aliphatic hydroxyl groups excluding tert-OH is 2. The van der Waals surface area contributed by atoms with E-state index in [1.807, 2.05) is 6.92 Å². The van der Waals surface area contributed by atoms with E-state index in [1.54, 1.807) is 0 Å². The van der Waals surface area contributed by atoms with Gasteiger partial charge in [-0.15, -0.1) is 0 Å². The van der Waals surface area contributed by atoms with Gasteiger partial charge in [0.15, 0.2) is 5.79 Å². The van der Waals surface area contributed by atoms with Crippen LogP contribution in [0.3, 0.4) is 0 Å². The number of fused-ring (bicyclic) bond motifs is 1. The molecule has 6 nitrogen and oxygen atoms in total. The molecule has 1 spiro atoms. The smallest absolute Gasteiger partial charge is 0.167 e. The van der Waals surface area contributed by atoms with Crippen LogP contribution in [0.4, 0.5) is 0 Å². The molecule has 0 amide bonds. The molecule has 0 aromatic heterocycles. The van der Waals surface area contributed by atoms with E-state index in [-0.39, 0.29) is 5.41 Å². The molecule has 7 aliphatic rings. The summed E-state index contributed by atoms with van der Waals surface area (Å²) < 4.78 is 13.4. The van der Waals surface area contributed by atoms with E-state index in [1.165, 1.54) is 0 Å². The van der Waals surface area contributed by atoms with Crippen molar-refractivity contribution in [1.82, 2.24) is 4.90 Å². The van der Waals surface area contributed by atoms with Gasteiger partial charge in [-0.1, -0.05) is 19.1 Å². The molecule has 30 heavy (non-hydrogen) atoms. The van der Waals surface area contributed by atoms with Crippen LogP contribution in [-0.2, 0) is 9.47 Å². The Labute approximate surface area is 178 Å². The number of nitrogens with zero attached hydrogens (tertiary/aromatic N) is 1. The molecule has 3 heterocycles. The van der Waals surface area contributed by atoms with Crippen molar-refractivity contribution in [3.05, 3.63) is 23.3 Å². The summed E-state index contributed by atoms with van der Waals surface area (Å²) in [7, 11) is 2.09. The molecule has 0 aromatic carbocycles. The number of rotatable bonds is 1. The second-order valence-corrected chi connectivity index (χ2v) is 11.2. The molecular formula is C24H35NO5. The van der Waals surface area contributed by atoms with Crippen molar-refractivity contribution in [3.63, 3.8) is 0 Å². The highest BCUT2D eigenvalue weighted by atomic mass is 16.7.